The van der Waals surface area contributed by atoms with Gasteiger partial charge in [-0.1, -0.05) is 11.6 Å². The summed E-state index contributed by atoms with van der Waals surface area (Å²) in [5, 5.41) is 4.86. The maximum Gasteiger partial charge on any atom is 0.257 e. The lowest BCUT2D eigenvalue weighted by Crippen LogP contribution is -2.12. The molecule has 146 valence electrons. The first kappa shape index (κ1) is 19.9. The number of aromatic nitrogens is 1. The van der Waals surface area contributed by atoms with Gasteiger partial charge >= 0.3 is 0 Å². The van der Waals surface area contributed by atoms with Gasteiger partial charge in [0.15, 0.2) is 16.6 Å². The number of benzene rings is 2. The first-order valence-corrected chi connectivity index (χ1v) is 9.25. The van der Waals surface area contributed by atoms with Crippen LogP contribution in [0, 0.1) is 5.82 Å². The van der Waals surface area contributed by atoms with Crippen molar-refractivity contribution in [2.45, 2.75) is 0 Å². The van der Waals surface area contributed by atoms with E-state index in [-0.39, 0.29) is 5.02 Å². The second-order valence-electron chi connectivity index (χ2n) is 5.53. The van der Waals surface area contributed by atoms with Gasteiger partial charge in [-0.15, -0.1) is 11.3 Å². The zero-order valence-corrected chi connectivity index (χ0v) is 16.8. The van der Waals surface area contributed by atoms with Crippen LogP contribution in [-0.2, 0) is 0 Å². The topological polar surface area (TPSA) is 69.7 Å². The number of amides is 1. The first-order chi connectivity index (χ1) is 13.5. The van der Waals surface area contributed by atoms with Crippen LogP contribution < -0.4 is 19.5 Å². The Morgan fingerprint density at radius 1 is 1.11 bits per heavy atom. The fourth-order valence-electron chi connectivity index (χ4n) is 2.50. The second kappa shape index (κ2) is 8.45. The molecule has 9 heteroatoms. The van der Waals surface area contributed by atoms with Crippen LogP contribution in [0.1, 0.15) is 10.4 Å². The summed E-state index contributed by atoms with van der Waals surface area (Å²) in [6.45, 7) is 0. The number of rotatable bonds is 6. The van der Waals surface area contributed by atoms with Crippen molar-refractivity contribution in [1.29, 1.82) is 0 Å². The molecule has 0 radical (unpaired) electrons. The molecule has 0 spiro atoms. The zero-order valence-electron chi connectivity index (χ0n) is 15.2. The van der Waals surface area contributed by atoms with Gasteiger partial charge in [-0.3, -0.25) is 10.1 Å². The lowest BCUT2D eigenvalue weighted by molar-refractivity contribution is 0.102. The fourth-order valence-corrected chi connectivity index (χ4v) is 3.40. The maximum atomic E-state index is 13.3. The molecule has 1 N–H and O–H groups in total. The van der Waals surface area contributed by atoms with E-state index in [0.717, 1.165) is 0 Å². The number of ether oxygens (including phenoxy) is 3. The second-order valence-corrected chi connectivity index (χ2v) is 6.80. The molecule has 3 aromatic rings. The highest BCUT2D eigenvalue weighted by Gasteiger charge is 2.18. The summed E-state index contributed by atoms with van der Waals surface area (Å²) in [7, 11) is 4.43. The lowest BCUT2D eigenvalue weighted by Gasteiger charge is -2.13. The average molecular weight is 423 g/mol. The van der Waals surface area contributed by atoms with Gasteiger partial charge in [0, 0.05) is 16.5 Å². The molecule has 0 aliphatic heterocycles. The predicted molar refractivity (Wildman–Crippen MR) is 107 cm³/mol. The van der Waals surface area contributed by atoms with E-state index in [4.69, 9.17) is 25.8 Å². The Hall–Kier alpha value is -2.84. The van der Waals surface area contributed by atoms with E-state index in [1.165, 1.54) is 44.8 Å². The normalized spacial score (nSPS) is 10.5. The largest absolute Gasteiger partial charge is 0.493 e. The molecule has 0 aliphatic carbocycles. The molecule has 1 aromatic heterocycles. The average Bonchev–Trinajstić information content (AvgIpc) is 3.17. The summed E-state index contributed by atoms with van der Waals surface area (Å²) in [4.78, 5) is 17.0. The van der Waals surface area contributed by atoms with Gasteiger partial charge in [0.2, 0.25) is 5.75 Å². The number of carbonyl (C=O) groups excluding carboxylic acids is 1. The van der Waals surface area contributed by atoms with Crippen LogP contribution in [0.25, 0.3) is 11.3 Å². The molecule has 0 saturated carbocycles. The minimum atomic E-state index is -0.503. The van der Waals surface area contributed by atoms with Crippen LogP contribution in [0.3, 0.4) is 0 Å². The van der Waals surface area contributed by atoms with Crippen LogP contribution in [0.4, 0.5) is 9.52 Å². The smallest absolute Gasteiger partial charge is 0.257 e. The van der Waals surface area contributed by atoms with E-state index in [0.29, 0.717) is 39.2 Å². The number of hydrogen-bond donors (Lipinski definition) is 1. The number of nitrogens with zero attached hydrogens (tertiary/aromatic N) is 1. The van der Waals surface area contributed by atoms with Gasteiger partial charge in [-0.2, -0.15) is 0 Å². The van der Waals surface area contributed by atoms with Gasteiger partial charge in [-0.25, -0.2) is 9.37 Å². The van der Waals surface area contributed by atoms with Gasteiger partial charge in [0.1, 0.15) is 5.82 Å². The third-order valence-corrected chi connectivity index (χ3v) is 4.91. The summed E-state index contributed by atoms with van der Waals surface area (Å²) in [6.07, 6.45) is 0. The fraction of sp³-hybridized carbons (Fsp3) is 0.158. The van der Waals surface area contributed by atoms with Gasteiger partial charge in [-0.05, 0) is 30.3 Å². The molecule has 6 nitrogen and oxygen atoms in total. The van der Waals surface area contributed by atoms with Crippen molar-refractivity contribution in [2.24, 2.45) is 0 Å². The summed E-state index contributed by atoms with van der Waals surface area (Å²) in [5.74, 6) is 0.237. The Kier molecular flexibility index (Phi) is 6.01. The molecule has 1 amide bonds. The van der Waals surface area contributed by atoms with Crippen LogP contribution in [-0.4, -0.2) is 32.2 Å². The highest BCUT2D eigenvalue weighted by molar-refractivity contribution is 7.14. The third kappa shape index (κ3) is 4.02. The Morgan fingerprint density at radius 2 is 1.79 bits per heavy atom. The number of nitrogens with one attached hydrogen (secondary N) is 1. The van der Waals surface area contributed by atoms with Crippen molar-refractivity contribution in [3.05, 3.63) is 52.1 Å². The number of halogens is 2. The van der Waals surface area contributed by atoms with Gasteiger partial charge in [0.05, 0.1) is 32.0 Å². The van der Waals surface area contributed by atoms with E-state index in [2.05, 4.69) is 10.3 Å². The van der Waals surface area contributed by atoms with Crippen LogP contribution in [0.2, 0.25) is 5.02 Å². The molecule has 0 fully saturated rings. The quantitative estimate of drug-likeness (QED) is 0.613. The number of hydrogen-bond acceptors (Lipinski definition) is 6. The van der Waals surface area contributed by atoms with Crippen LogP contribution >= 0.6 is 22.9 Å². The molecule has 3 rings (SSSR count). The Morgan fingerprint density at radius 3 is 2.36 bits per heavy atom. The van der Waals surface area contributed by atoms with E-state index in [1.807, 2.05) is 0 Å². The Balaban J connectivity index is 1.84. The molecule has 1 heterocycles. The highest BCUT2D eigenvalue weighted by atomic mass is 35.5. The van der Waals surface area contributed by atoms with E-state index in [1.54, 1.807) is 23.6 Å². The number of methoxy groups -OCH3 is 3. The van der Waals surface area contributed by atoms with Gasteiger partial charge < -0.3 is 14.2 Å². The molecule has 0 saturated heterocycles. The Labute approximate surface area is 169 Å². The molecule has 0 aliphatic rings. The summed E-state index contributed by atoms with van der Waals surface area (Å²) in [6, 6.07) is 7.42. The van der Waals surface area contributed by atoms with E-state index >= 15 is 0 Å². The lowest BCUT2D eigenvalue weighted by atomic mass is 10.1. The molecular weight excluding hydrogens is 407 g/mol. The summed E-state index contributed by atoms with van der Waals surface area (Å²) < 4.78 is 29.1. The summed E-state index contributed by atoms with van der Waals surface area (Å²) in [5.41, 5.74) is 1.54. The van der Waals surface area contributed by atoms with E-state index in [9.17, 15) is 9.18 Å². The first-order valence-electron chi connectivity index (χ1n) is 7.99. The standard InChI is InChI=1S/C19H16ClFN2O4S/c1-25-15-7-11(8-16(26-2)17(15)27-3)18(24)23-19-22-14(9-28-19)10-4-5-13(21)12(20)6-10/h4-9H,1-3H3,(H,22,23,24). The molecule has 0 bridgehead atoms. The maximum absolute atomic E-state index is 13.3. The molecule has 0 unspecified atom stereocenters. The van der Waals surface area contributed by atoms with Crippen molar-refractivity contribution in [1.82, 2.24) is 4.98 Å². The van der Waals surface area contributed by atoms with Gasteiger partial charge in [0.25, 0.3) is 5.91 Å². The van der Waals surface area contributed by atoms with E-state index < -0.39 is 11.7 Å². The van der Waals surface area contributed by atoms with Crippen molar-refractivity contribution in [2.75, 3.05) is 26.6 Å². The van der Waals surface area contributed by atoms with Crippen molar-refractivity contribution < 1.29 is 23.4 Å². The summed E-state index contributed by atoms with van der Waals surface area (Å²) >= 11 is 7.05. The van der Waals surface area contributed by atoms with Crippen LogP contribution in [0.15, 0.2) is 35.7 Å². The number of carbonyl (C=O) groups is 1. The third-order valence-electron chi connectivity index (χ3n) is 3.87. The monoisotopic (exact) mass is 422 g/mol. The van der Waals surface area contributed by atoms with Crippen molar-refractivity contribution >= 4 is 34.0 Å². The van der Waals surface area contributed by atoms with Crippen molar-refractivity contribution in [3.63, 3.8) is 0 Å². The number of thiazole rings is 1. The SMILES string of the molecule is COc1cc(C(=O)Nc2nc(-c3ccc(F)c(Cl)c3)cs2)cc(OC)c1OC. The van der Waals surface area contributed by atoms with Crippen LogP contribution in [0.5, 0.6) is 17.2 Å². The molecule has 2 aromatic carbocycles. The Bertz CT molecular complexity index is 1000. The highest BCUT2D eigenvalue weighted by Crippen LogP contribution is 2.38. The predicted octanol–water partition coefficient (Wildman–Crippen LogP) is 4.88. The minimum absolute atomic E-state index is 0.00788. The molecular formula is C19H16ClFN2O4S. The molecule has 28 heavy (non-hydrogen) atoms. The minimum Gasteiger partial charge on any atom is -0.493 e. The zero-order chi connectivity index (χ0) is 20.3. The molecule has 0 atom stereocenters. The number of anilines is 1. The van der Waals surface area contributed by atoms with Crippen molar-refractivity contribution in [3.8, 4) is 28.5 Å².